The minimum Gasteiger partial charge on any atom is -0.365 e. The molecule has 0 spiro atoms. The van der Waals surface area contributed by atoms with Gasteiger partial charge in [0.15, 0.2) is 0 Å². The monoisotopic (exact) mass is 282 g/mol. The van der Waals surface area contributed by atoms with Gasteiger partial charge in [0.1, 0.15) is 0 Å². The highest BCUT2D eigenvalue weighted by Crippen LogP contribution is 2.29. The van der Waals surface area contributed by atoms with Crippen molar-refractivity contribution in [2.24, 2.45) is 5.92 Å². The van der Waals surface area contributed by atoms with Gasteiger partial charge in [0.25, 0.3) is 0 Å². The molecule has 0 radical (unpaired) electrons. The molecule has 2 heteroatoms. The lowest BCUT2D eigenvalue weighted by molar-refractivity contribution is 0.277. The van der Waals surface area contributed by atoms with Crippen LogP contribution < -0.4 is 10.2 Å². The van der Waals surface area contributed by atoms with Gasteiger partial charge in [-0.15, -0.1) is 0 Å². The van der Waals surface area contributed by atoms with Crippen LogP contribution >= 0.6 is 0 Å². The summed E-state index contributed by atoms with van der Waals surface area (Å²) < 4.78 is 0. The van der Waals surface area contributed by atoms with E-state index in [1.807, 2.05) is 0 Å². The van der Waals surface area contributed by atoms with Crippen molar-refractivity contribution in [2.75, 3.05) is 18.0 Å². The van der Waals surface area contributed by atoms with E-state index in [2.05, 4.69) is 80.4 Å². The molecule has 1 fully saturated rings. The van der Waals surface area contributed by atoms with Gasteiger partial charge in [-0.25, -0.2) is 0 Å². The fraction of sp³-hybridized carbons (Fsp3) is 0.474. The Balaban J connectivity index is 2.00. The highest BCUT2D eigenvalue weighted by atomic mass is 15.3. The van der Waals surface area contributed by atoms with Crippen molar-refractivity contribution in [2.45, 2.75) is 39.3 Å². The standard InChI is InChI=1S/C19H26N2/c1-14(2)18-12-20-19(3,4)13-21(18)17-10-9-15-7-5-6-8-16(15)11-17/h5-11,14,18,20H,12-13H2,1-4H3. The van der Waals surface area contributed by atoms with Gasteiger partial charge < -0.3 is 10.2 Å². The molecule has 1 atom stereocenters. The van der Waals surface area contributed by atoms with Gasteiger partial charge in [0, 0.05) is 30.4 Å². The zero-order chi connectivity index (χ0) is 15.0. The van der Waals surface area contributed by atoms with E-state index in [1.54, 1.807) is 0 Å². The molecule has 0 aliphatic carbocycles. The molecular weight excluding hydrogens is 256 g/mol. The van der Waals surface area contributed by atoms with Gasteiger partial charge in [-0.05, 0) is 42.7 Å². The summed E-state index contributed by atoms with van der Waals surface area (Å²) in [5.74, 6) is 0.639. The lowest BCUT2D eigenvalue weighted by Gasteiger charge is -2.47. The number of hydrogen-bond donors (Lipinski definition) is 1. The van der Waals surface area contributed by atoms with Crippen LogP contribution in [0.4, 0.5) is 5.69 Å². The average Bonchev–Trinajstić information content (AvgIpc) is 2.45. The lowest BCUT2D eigenvalue weighted by atomic mass is 9.92. The fourth-order valence-electron chi connectivity index (χ4n) is 3.32. The summed E-state index contributed by atoms with van der Waals surface area (Å²) in [5, 5.41) is 6.33. The molecular formula is C19H26N2. The van der Waals surface area contributed by atoms with E-state index in [1.165, 1.54) is 16.5 Å². The molecule has 1 aliphatic rings. The van der Waals surface area contributed by atoms with Crippen molar-refractivity contribution in [3.8, 4) is 0 Å². The minimum absolute atomic E-state index is 0.164. The van der Waals surface area contributed by atoms with Crippen molar-refractivity contribution >= 4 is 16.5 Å². The van der Waals surface area contributed by atoms with Crippen LogP contribution in [0.5, 0.6) is 0 Å². The molecule has 2 nitrogen and oxygen atoms in total. The first-order valence-corrected chi connectivity index (χ1v) is 7.97. The highest BCUT2D eigenvalue weighted by Gasteiger charge is 2.34. The van der Waals surface area contributed by atoms with Crippen molar-refractivity contribution < 1.29 is 0 Å². The summed E-state index contributed by atoms with van der Waals surface area (Å²) in [6.45, 7) is 11.3. The molecule has 3 rings (SSSR count). The molecule has 1 aliphatic heterocycles. The average molecular weight is 282 g/mol. The molecule has 0 amide bonds. The molecule has 1 N–H and O–H groups in total. The van der Waals surface area contributed by atoms with E-state index in [4.69, 9.17) is 0 Å². The zero-order valence-electron chi connectivity index (χ0n) is 13.6. The Morgan fingerprint density at radius 2 is 1.81 bits per heavy atom. The molecule has 112 valence electrons. The van der Waals surface area contributed by atoms with Crippen LogP contribution in [0.25, 0.3) is 10.8 Å². The van der Waals surface area contributed by atoms with Crippen LogP contribution in [0.1, 0.15) is 27.7 Å². The lowest BCUT2D eigenvalue weighted by Crippen LogP contribution is -2.63. The van der Waals surface area contributed by atoms with Crippen molar-refractivity contribution in [3.05, 3.63) is 42.5 Å². The summed E-state index contributed by atoms with van der Waals surface area (Å²) in [4.78, 5) is 2.59. The smallest absolute Gasteiger partial charge is 0.0438 e. The van der Waals surface area contributed by atoms with Crippen LogP contribution in [-0.2, 0) is 0 Å². The number of anilines is 1. The van der Waals surface area contributed by atoms with Crippen LogP contribution in [0.2, 0.25) is 0 Å². The van der Waals surface area contributed by atoms with E-state index in [0.29, 0.717) is 12.0 Å². The second-order valence-electron chi connectivity index (χ2n) is 7.24. The van der Waals surface area contributed by atoms with Crippen molar-refractivity contribution in [1.82, 2.24) is 5.32 Å². The molecule has 21 heavy (non-hydrogen) atoms. The van der Waals surface area contributed by atoms with E-state index < -0.39 is 0 Å². The normalized spacial score (nSPS) is 22.0. The maximum Gasteiger partial charge on any atom is 0.0438 e. The molecule has 1 unspecified atom stereocenters. The molecule has 2 aromatic rings. The largest absolute Gasteiger partial charge is 0.365 e. The second-order valence-corrected chi connectivity index (χ2v) is 7.24. The SMILES string of the molecule is CC(C)C1CNC(C)(C)CN1c1ccc2ccccc2c1. The zero-order valence-corrected chi connectivity index (χ0v) is 13.6. The number of rotatable bonds is 2. The number of benzene rings is 2. The van der Waals surface area contributed by atoms with Crippen LogP contribution in [0.3, 0.4) is 0 Å². The third kappa shape index (κ3) is 2.91. The van der Waals surface area contributed by atoms with Gasteiger partial charge in [-0.3, -0.25) is 0 Å². The van der Waals surface area contributed by atoms with Gasteiger partial charge in [0.05, 0.1) is 0 Å². The number of nitrogens with one attached hydrogen (secondary N) is 1. The van der Waals surface area contributed by atoms with Crippen LogP contribution in [0.15, 0.2) is 42.5 Å². The number of hydrogen-bond acceptors (Lipinski definition) is 2. The van der Waals surface area contributed by atoms with Gasteiger partial charge in [-0.1, -0.05) is 44.2 Å². The Morgan fingerprint density at radius 3 is 2.52 bits per heavy atom. The second kappa shape index (κ2) is 5.34. The van der Waals surface area contributed by atoms with Gasteiger partial charge in [0.2, 0.25) is 0 Å². The summed E-state index contributed by atoms with van der Waals surface area (Å²) in [6, 6.07) is 16.0. The maximum absolute atomic E-state index is 3.69. The Kier molecular flexibility index (Phi) is 3.66. The fourth-order valence-corrected chi connectivity index (χ4v) is 3.32. The third-order valence-electron chi connectivity index (χ3n) is 4.59. The first kappa shape index (κ1) is 14.4. The first-order chi connectivity index (χ1) is 9.96. The number of piperazine rings is 1. The Labute approximate surface area is 128 Å². The van der Waals surface area contributed by atoms with Crippen molar-refractivity contribution in [3.63, 3.8) is 0 Å². The van der Waals surface area contributed by atoms with Crippen molar-refractivity contribution in [1.29, 1.82) is 0 Å². The Bertz CT molecular complexity index is 630. The maximum atomic E-state index is 3.69. The predicted molar refractivity (Wildman–Crippen MR) is 92.0 cm³/mol. The Morgan fingerprint density at radius 1 is 1.10 bits per heavy atom. The topological polar surface area (TPSA) is 15.3 Å². The number of fused-ring (bicyclic) bond motifs is 1. The summed E-state index contributed by atoms with van der Waals surface area (Å²) in [5.41, 5.74) is 1.51. The number of nitrogens with zero attached hydrogens (tertiary/aromatic N) is 1. The summed E-state index contributed by atoms with van der Waals surface area (Å²) >= 11 is 0. The van der Waals surface area contributed by atoms with Gasteiger partial charge >= 0.3 is 0 Å². The quantitative estimate of drug-likeness (QED) is 0.894. The molecule has 0 bridgehead atoms. The predicted octanol–water partition coefficient (Wildman–Crippen LogP) is 4.05. The van der Waals surface area contributed by atoms with Crippen LogP contribution in [0, 0.1) is 5.92 Å². The summed E-state index contributed by atoms with van der Waals surface area (Å²) in [7, 11) is 0. The molecule has 1 saturated heterocycles. The Hall–Kier alpha value is -1.54. The minimum atomic E-state index is 0.164. The van der Waals surface area contributed by atoms with E-state index in [0.717, 1.165) is 13.1 Å². The molecule has 0 aromatic heterocycles. The molecule has 0 saturated carbocycles. The van der Waals surface area contributed by atoms with Gasteiger partial charge in [-0.2, -0.15) is 0 Å². The third-order valence-corrected chi connectivity index (χ3v) is 4.59. The molecule has 2 aromatic carbocycles. The van der Waals surface area contributed by atoms with E-state index >= 15 is 0 Å². The first-order valence-electron chi connectivity index (χ1n) is 7.97. The van der Waals surface area contributed by atoms with E-state index in [-0.39, 0.29) is 5.54 Å². The highest BCUT2D eigenvalue weighted by molar-refractivity contribution is 5.86. The van der Waals surface area contributed by atoms with Crippen LogP contribution in [-0.4, -0.2) is 24.7 Å². The molecule has 1 heterocycles. The van der Waals surface area contributed by atoms with E-state index in [9.17, 15) is 0 Å². The summed E-state index contributed by atoms with van der Waals surface area (Å²) in [6.07, 6.45) is 0.